The van der Waals surface area contributed by atoms with Gasteiger partial charge in [0.1, 0.15) is 0 Å². The predicted octanol–water partition coefficient (Wildman–Crippen LogP) is 2.13. The van der Waals surface area contributed by atoms with Crippen molar-refractivity contribution in [1.29, 1.82) is 0 Å². The summed E-state index contributed by atoms with van der Waals surface area (Å²) in [6.07, 6.45) is 3.37. The summed E-state index contributed by atoms with van der Waals surface area (Å²) >= 11 is 0. The molecule has 88 valence electrons. The molecule has 0 amide bonds. The lowest BCUT2D eigenvalue weighted by Gasteiger charge is -2.33. The first-order valence-electron chi connectivity index (χ1n) is 5.99. The Morgan fingerprint density at radius 1 is 1.47 bits per heavy atom. The first kappa shape index (κ1) is 12.5. The van der Waals surface area contributed by atoms with E-state index in [0.29, 0.717) is 25.4 Å². The molecule has 0 aliphatic heterocycles. The molecule has 0 spiro atoms. The van der Waals surface area contributed by atoms with Crippen molar-refractivity contribution in [2.24, 2.45) is 11.8 Å². The molecule has 0 aromatic carbocycles. The summed E-state index contributed by atoms with van der Waals surface area (Å²) in [6, 6.07) is 0. The second-order valence-electron chi connectivity index (χ2n) is 4.33. The fourth-order valence-corrected chi connectivity index (χ4v) is 2.37. The van der Waals surface area contributed by atoms with Crippen LogP contribution in [0.2, 0.25) is 0 Å². The summed E-state index contributed by atoms with van der Waals surface area (Å²) in [5.41, 5.74) is -0.832. The molecule has 1 rings (SSSR count). The molecule has 0 saturated heterocycles. The van der Waals surface area contributed by atoms with Gasteiger partial charge in [-0.05, 0) is 38.5 Å². The molecule has 0 heterocycles. The van der Waals surface area contributed by atoms with Crippen molar-refractivity contribution in [2.45, 2.75) is 52.1 Å². The Labute approximate surface area is 91.8 Å². The van der Waals surface area contributed by atoms with Gasteiger partial charge in [-0.25, -0.2) is 0 Å². The van der Waals surface area contributed by atoms with Crippen LogP contribution in [0.25, 0.3) is 0 Å². The van der Waals surface area contributed by atoms with E-state index in [1.54, 1.807) is 6.92 Å². The molecule has 1 aliphatic rings. The van der Waals surface area contributed by atoms with Crippen molar-refractivity contribution in [3.05, 3.63) is 0 Å². The minimum atomic E-state index is -0.832. The first-order valence-corrected chi connectivity index (χ1v) is 5.99. The molecule has 0 radical (unpaired) electrons. The van der Waals surface area contributed by atoms with Crippen LogP contribution in [-0.4, -0.2) is 23.3 Å². The smallest absolute Gasteiger partial charge is 0.311 e. The fraction of sp³-hybridized carbons (Fsp3) is 0.917. The van der Waals surface area contributed by atoms with E-state index in [-0.39, 0.29) is 11.9 Å². The summed E-state index contributed by atoms with van der Waals surface area (Å²) in [5, 5.41) is 10.5. The molecular weight excluding hydrogens is 192 g/mol. The Bertz CT molecular complexity index is 223. The topological polar surface area (TPSA) is 46.5 Å². The molecular formula is C12H22O3. The molecule has 2 atom stereocenters. The Kier molecular flexibility index (Phi) is 4.14. The third-order valence-electron chi connectivity index (χ3n) is 3.43. The highest BCUT2D eigenvalue weighted by Crippen LogP contribution is 2.46. The number of esters is 1. The minimum absolute atomic E-state index is 0.240. The van der Waals surface area contributed by atoms with Crippen molar-refractivity contribution < 1.29 is 14.6 Å². The van der Waals surface area contributed by atoms with Crippen LogP contribution in [0.15, 0.2) is 0 Å². The van der Waals surface area contributed by atoms with Crippen molar-refractivity contribution in [3.63, 3.8) is 0 Å². The quantitative estimate of drug-likeness (QED) is 0.689. The fourth-order valence-electron chi connectivity index (χ4n) is 2.37. The Morgan fingerprint density at radius 2 is 2.07 bits per heavy atom. The summed E-state index contributed by atoms with van der Waals surface area (Å²) in [7, 11) is 0. The van der Waals surface area contributed by atoms with E-state index < -0.39 is 5.60 Å². The zero-order valence-corrected chi connectivity index (χ0v) is 9.95. The average molecular weight is 214 g/mol. The highest BCUT2D eigenvalue weighted by molar-refractivity contribution is 5.74. The van der Waals surface area contributed by atoms with Crippen LogP contribution < -0.4 is 0 Å². The van der Waals surface area contributed by atoms with E-state index in [0.717, 1.165) is 12.8 Å². The third kappa shape index (κ3) is 2.51. The third-order valence-corrected chi connectivity index (χ3v) is 3.43. The molecule has 0 bridgehead atoms. The number of carbonyl (C=O) groups excluding carboxylic acids is 1. The van der Waals surface area contributed by atoms with E-state index in [1.165, 1.54) is 0 Å². The molecule has 15 heavy (non-hydrogen) atoms. The predicted molar refractivity (Wildman–Crippen MR) is 58.4 cm³/mol. The summed E-state index contributed by atoms with van der Waals surface area (Å²) in [4.78, 5) is 11.7. The van der Waals surface area contributed by atoms with Crippen LogP contribution in [0.4, 0.5) is 0 Å². The van der Waals surface area contributed by atoms with Crippen molar-refractivity contribution in [2.75, 3.05) is 6.61 Å². The number of hydrogen-bond acceptors (Lipinski definition) is 3. The molecule has 2 unspecified atom stereocenters. The van der Waals surface area contributed by atoms with Gasteiger partial charge < -0.3 is 9.84 Å². The second kappa shape index (κ2) is 4.97. The van der Waals surface area contributed by atoms with Crippen molar-refractivity contribution in [1.82, 2.24) is 0 Å². The highest BCUT2D eigenvalue weighted by atomic mass is 16.5. The number of aliphatic hydroxyl groups is 1. The van der Waals surface area contributed by atoms with Crippen molar-refractivity contribution >= 4 is 5.97 Å². The van der Waals surface area contributed by atoms with E-state index >= 15 is 0 Å². The molecule has 1 aliphatic carbocycles. The van der Waals surface area contributed by atoms with Gasteiger partial charge in [0, 0.05) is 0 Å². The highest BCUT2D eigenvalue weighted by Gasteiger charge is 2.50. The van der Waals surface area contributed by atoms with Crippen LogP contribution in [-0.2, 0) is 9.53 Å². The molecule has 1 N–H and O–H groups in total. The van der Waals surface area contributed by atoms with Gasteiger partial charge in [0.05, 0.1) is 18.1 Å². The zero-order valence-electron chi connectivity index (χ0n) is 9.95. The van der Waals surface area contributed by atoms with Crippen LogP contribution in [0, 0.1) is 11.8 Å². The summed E-state index contributed by atoms with van der Waals surface area (Å²) < 4.78 is 5.02. The number of ether oxygens (including phenoxy) is 1. The number of hydrogen-bond donors (Lipinski definition) is 1. The van der Waals surface area contributed by atoms with Gasteiger partial charge in [-0.3, -0.25) is 4.79 Å². The molecule has 1 saturated carbocycles. The summed E-state index contributed by atoms with van der Waals surface area (Å²) in [6.45, 7) is 6.07. The lowest BCUT2D eigenvalue weighted by atomic mass is 9.79. The lowest BCUT2D eigenvalue weighted by Crippen LogP contribution is -2.44. The monoisotopic (exact) mass is 214 g/mol. The molecule has 0 aromatic heterocycles. The zero-order chi connectivity index (χ0) is 11.5. The summed E-state index contributed by atoms with van der Waals surface area (Å²) in [5.74, 6) is -0.289. The average Bonchev–Trinajstić information content (AvgIpc) is 3.02. The molecule has 3 nitrogen and oxygen atoms in total. The normalized spacial score (nSPS) is 21.9. The van der Waals surface area contributed by atoms with Gasteiger partial charge in [-0.15, -0.1) is 0 Å². The van der Waals surface area contributed by atoms with Gasteiger partial charge in [0.25, 0.3) is 0 Å². The standard InChI is InChI=1S/C12H22O3/c1-4-10(11(13)15-6-3)12(14,5-2)9-7-8-9/h9-10,14H,4-8H2,1-3H3. The molecule has 3 heteroatoms. The van der Waals surface area contributed by atoms with Gasteiger partial charge in [0.15, 0.2) is 0 Å². The SMILES string of the molecule is CCOC(=O)C(CC)C(O)(CC)C1CC1. The maximum Gasteiger partial charge on any atom is 0.311 e. The Balaban J connectivity index is 2.73. The molecule has 0 aromatic rings. The van der Waals surface area contributed by atoms with Gasteiger partial charge in [-0.1, -0.05) is 13.8 Å². The van der Waals surface area contributed by atoms with Gasteiger partial charge in [-0.2, -0.15) is 0 Å². The van der Waals surface area contributed by atoms with E-state index in [9.17, 15) is 9.90 Å². The number of carbonyl (C=O) groups is 1. The Hall–Kier alpha value is -0.570. The van der Waals surface area contributed by atoms with Crippen LogP contribution in [0.3, 0.4) is 0 Å². The lowest BCUT2D eigenvalue weighted by molar-refractivity contribution is -0.161. The van der Waals surface area contributed by atoms with E-state index in [4.69, 9.17) is 4.74 Å². The molecule has 1 fully saturated rings. The van der Waals surface area contributed by atoms with Crippen molar-refractivity contribution in [3.8, 4) is 0 Å². The first-order chi connectivity index (χ1) is 7.10. The maximum absolute atomic E-state index is 11.7. The van der Waals surface area contributed by atoms with E-state index in [2.05, 4.69) is 0 Å². The van der Waals surface area contributed by atoms with Crippen LogP contribution in [0.1, 0.15) is 46.5 Å². The van der Waals surface area contributed by atoms with Crippen LogP contribution in [0.5, 0.6) is 0 Å². The van der Waals surface area contributed by atoms with Gasteiger partial charge in [0.2, 0.25) is 0 Å². The van der Waals surface area contributed by atoms with E-state index in [1.807, 2.05) is 13.8 Å². The van der Waals surface area contributed by atoms with Gasteiger partial charge >= 0.3 is 5.97 Å². The minimum Gasteiger partial charge on any atom is -0.466 e. The van der Waals surface area contributed by atoms with Crippen LogP contribution >= 0.6 is 0 Å². The second-order valence-corrected chi connectivity index (χ2v) is 4.33. The number of rotatable bonds is 6. The Morgan fingerprint density at radius 3 is 2.40 bits per heavy atom. The maximum atomic E-state index is 11.7. The largest absolute Gasteiger partial charge is 0.466 e.